The van der Waals surface area contributed by atoms with Crippen LogP contribution in [0.15, 0.2) is 65.7 Å². The summed E-state index contributed by atoms with van der Waals surface area (Å²) in [6.45, 7) is 2.34. The number of para-hydroxylation sites is 1. The summed E-state index contributed by atoms with van der Waals surface area (Å²) in [6, 6.07) is 20.1. The molecular formula is C19H20N2O2. The van der Waals surface area contributed by atoms with Crippen molar-refractivity contribution in [2.45, 2.75) is 25.8 Å². The largest absolute Gasteiger partial charge is 0.462 e. The number of carbonyl (C=O) groups is 1. The molecule has 1 fully saturated rings. The zero-order valence-electron chi connectivity index (χ0n) is 13.2. The van der Waals surface area contributed by atoms with Gasteiger partial charge in [-0.3, -0.25) is 9.69 Å². The first-order valence-electron chi connectivity index (χ1n) is 7.90. The second kappa shape index (κ2) is 7.09. The van der Waals surface area contributed by atoms with Crippen molar-refractivity contribution in [1.82, 2.24) is 4.90 Å². The minimum atomic E-state index is -0.00712. The Kier molecular flexibility index (Phi) is 4.71. The molecule has 23 heavy (non-hydrogen) atoms. The fraction of sp³-hybridized carbons (Fsp3) is 0.263. The molecule has 0 saturated carbocycles. The van der Waals surface area contributed by atoms with Gasteiger partial charge in [0.15, 0.2) is 0 Å². The average Bonchev–Trinajstić information content (AvgIpc) is 2.98. The molecule has 4 heteroatoms. The van der Waals surface area contributed by atoms with E-state index in [9.17, 15) is 4.79 Å². The molecule has 1 amide bonds. The summed E-state index contributed by atoms with van der Waals surface area (Å²) in [5.74, 6) is 0.0399. The van der Waals surface area contributed by atoms with Gasteiger partial charge in [-0.25, -0.2) is 0 Å². The Balaban J connectivity index is 1.84. The fourth-order valence-electron chi connectivity index (χ4n) is 2.69. The number of ether oxygens (including phenoxy) is 1. The summed E-state index contributed by atoms with van der Waals surface area (Å²) in [4.78, 5) is 18.6. The smallest absolute Gasteiger partial charge is 0.299 e. The first-order valence-corrected chi connectivity index (χ1v) is 7.90. The van der Waals surface area contributed by atoms with Gasteiger partial charge in [0.25, 0.3) is 6.02 Å². The molecule has 0 aliphatic carbocycles. The van der Waals surface area contributed by atoms with E-state index in [1.54, 1.807) is 4.90 Å². The highest BCUT2D eigenvalue weighted by atomic mass is 16.5. The molecular weight excluding hydrogens is 288 g/mol. The van der Waals surface area contributed by atoms with Gasteiger partial charge in [-0.1, -0.05) is 55.5 Å². The highest BCUT2D eigenvalue weighted by Gasteiger charge is 2.35. The Morgan fingerprint density at radius 3 is 2.43 bits per heavy atom. The zero-order chi connectivity index (χ0) is 16.1. The number of benzene rings is 2. The van der Waals surface area contributed by atoms with Crippen LogP contribution in [0.2, 0.25) is 0 Å². The Hall–Kier alpha value is -2.62. The van der Waals surface area contributed by atoms with Crippen LogP contribution >= 0.6 is 0 Å². The molecule has 1 heterocycles. The monoisotopic (exact) mass is 308 g/mol. The minimum absolute atomic E-state index is 0.00712. The highest BCUT2D eigenvalue weighted by Crippen LogP contribution is 2.21. The first-order chi connectivity index (χ1) is 11.3. The number of carbonyl (C=O) groups excluding carboxylic acids is 1. The Morgan fingerprint density at radius 2 is 1.78 bits per heavy atom. The summed E-state index contributed by atoms with van der Waals surface area (Å²) in [7, 11) is 0. The first kappa shape index (κ1) is 15.3. The van der Waals surface area contributed by atoms with E-state index in [2.05, 4.69) is 17.1 Å². The van der Waals surface area contributed by atoms with E-state index in [0.29, 0.717) is 19.0 Å². The van der Waals surface area contributed by atoms with Crippen molar-refractivity contribution in [2.75, 3.05) is 6.61 Å². The van der Waals surface area contributed by atoms with Crippen LogP contribution in [0.3, 0.4) is 0 Å². The molecule has 0 spiro atoms. The second-order valence-electron chi connectivity index (χ2n) is 5.50. The summed E-state index contributed by atoms with van der Waals surface area (Å²) in [5.41, 5.74) is 1.98. The van der Waals surface area contributed by atoms with Gasteiger partial charge in [0.2, 0.25) is 5.91 Å². The van der Waals surface area contributed by atoms with Crippen molar-refractivity contribution >= 4 is 17.6 Å². The SMILES string of the molecule is CCC(=O)N1C(=Nc2ccccc2)OC[C@@H]1Cc1ccccc1. The second-order valence-corrected chi connectivity index (χ2v) is 5.50. The molecule has 4 nitrogen and oxygen atoms in total. The van der Waals surface area contributed by atoms with Crippen LogP contribution in [0.1, 0.15) is 18.9 Å². The van der Waals surface area contributed by atoms with Crippen LogP contribution in [0.25, 0.3) is 0 Å². The highest BCUT2D eigenvalue weighted by molar-refractivity contribution is 5.96. The molecule has 1 saturated heterocycles. The minimum Gasteiger partial charge on any atom is -0.462 e. The molecule has 1 atom stereocenters. The summed E-state index contributed by atoms with van der Waals surface area (Å²) >= 11 is 0. The molecule has 118 valence electrons. The van der Waals surface area contributed by atoms with Gasteiger partial charge in [-0.2, -0.15) is 4.99 Å². The van der Waals surface area contributed by atoms with Crippen LogP contribution in [0.4, 0.5) is 5.69 Å². The van der Waals surface area contributed by atoms with Crippen LogP contribution in [0, 0.1) is 0 Å². The maximum atomic E-state index is 12.4. The standard InChI is InChI=1S/C19H20N2O2/c1-2-18(22)21-17(13-15-9-5-3-6-10-15)14-23-19(21)20-16-11-7-4-8-12-16/h3-12,17H,2,13-14H2,1H3/t17-/m0/s1. The number of amidine groups is 1. The number of nitrogens with zero attached hydrogens (tertiary/aromatic N) is 2. The van der Waals surface area contributed by atoms with E-state index < -0.39 is 0 Å². The maximum absolute atomic E-state index is 12.4. The summed E-state index contributed by atoms with van der Waals surface area (Å²) in [5, 5.41) is 0. The van der Waals surface area contributed by atoms with Crippen LogP contribution < -0.4 is 0 Å². The van der Waals surface area contributed by atoms with Gasteiger partial charge in [0.05, 0.1) is 11.7 Å². The number of rotatable bonds is 4. The normalized spacial score (nSPS) is 18.9. The van der Waals surface area contributed by atoms with Crippen molar-refractivity contribution in [1.29, 1.82) is 0 Å². The van der Waals surface area contributed by atoms with Gasteiger partial charge in [0, 0.05) is 6.42 Å². The molecule has 2 aromatic carbocycles. The number of hydrogen-bond acceptors (Lipinski definition) is 3. The molecule has 0 radical (unpaired) electrons. The van der Waals surface area contributed by atoms with Crippen molar-refractivity contribution in [3.8, 4) is 0 Å². The molecule has 3 rings (SSSR count). The van der Waals surface area contributed by atoms with Crippen molar-refractivity contribution in [3.05, 3.63) is 66.2 Å². The number of amides is 1. The molecule has 0 aromatic heterocycles. The van der Waals surface area contributed by atoms with Crippen molar-refractivity contribution in [3.63, 3.8) is 0 Å². The molecule has 0 bridgehead atoms. The third kappa shape index (κ3) is 3.59. The Bertz CT molecular complexity index is 683. The van der Waals surface area contributed by atoms with Gasteiger partial charge in [0.1, 0.15) is 6.61 Å². The zero-order valence-corrected chi connectivity index (χ0v) is 13.2. The van der Waals surface area contributed by atoms with E-state index in [0.717, 1.165) is 12.1 Å². The lowest BCUT2D eigenvalue weighted by atomic mass is 10.1. The summed E-state index contributed by atoms with van der Waals surface area (Å²) < 4.78 is 5.73. The molecule has 2 aromatic rings. The predicted octanol–water partition coefficient (Wildman–Crippen LogP) is 3.55. The van der Waals surface area contributed by atoms with Crippen LogP contribution in [-0.4, -0.2) is 29.5 Å². The van der Waals surface area contributed by atoms with E-state index in [1.807, 2.05) is 55.5 Å². The van der Waals surface area contributed by atoms with E-state index in [1.165, 1.54) is 5.56 Å². The van der Waals surface area contributed by atoms with Gasteiger partial charge >= 0.3 is 0 Å². The average molecular weight is 308 g/mol. The fourth-order valence-corrected chi connectivity index (χ4v) is 2.69. The number of hydrogen-bond donors (Lipinski definition) is 0. The number of aliphatic imine (C=N–C) groups is 1. The molecule has 1 aliphatic heterocycles. The topological polar surface area (TPSA) is 41.9 Å². The Labute approximate surface area is 136 Å². The lowest BCUT2D eigenvalue weighted by Crippen LogP contribution is -2.40. The van der Waals surface area contributed by atoms with Crippen LogP contribution in [-0.2, 0) is 16.0 Å². The Morgan fingerprint density at radius 1 is 1.13 bits per heavy atom. The van der Waals surface area contributed by atoms with E-state index >= 15 is 0 Å². The quantitative estimate of drug-likeness (QED) is 0.866. The van der Waals surface area contributed by atoms with E-state index in [4.69, 9.17) is 4.74 Å². The lowest BCUT2D eigenvalue weighted by Gasteiger charge is -2.21. The molecule has 0 unspecified atom stereocenters. The van der Waals surface area contributed by atoms with Gasteiger partial charge < -0.3 is 4.74 Å². The third-order valence-corrected chi connectivity index (χ3v) is 3.84. The maximum Gasteiger partial charge on any atom is 0.299 e. The summed E-state index contributed by atoms with van der Waals surface area (Å²) in [6.07, 6.45) is 1.20. The van der Waals surface area contributed by atoms with Crippen molar-refractivity contribution < 1.29 is 9.53 Å². The van der Waals surface area contributed by atoms with E-state index in [-0.39, 0.29) is 11.9 Å². The third-order valence-electron chi connectivity index (χ3n) is 3.84. The molecule has 0 N–H and O–H groups in total. The predicted molar refractivity (Wildman–Crippen MR) is 90.6 cm³/mol. The van der Waals surface area contributed by atoms with Crippen molar-refractivity contribution in [2.24, 2.45) is 4.99 Å². The van der Waals surface area contributed by atoms with Gasteiger partial charge in [-0.05, 0) is 24.1 Å². The lowest BCUT2D eigenvalue weighted by molar-refractivity contribution is -0.128. The molecule has 1 aliphatic rings. The van der Waals surface area contributed by atoms with Gasteiger partial charge in [-0.15, -0.1) is 0 Å². The van der Waals surface area contributed by atoms with Crippen LogP contribution in [0.5, 0.6) is 0 Å².